The van der Waals surface area contributed by atoms with Gasteiger partial charge in [-0.05, 0) is 104 Å². The average molecular weight is 634 g/mol. The van der Waals surface area contributed by atoms with E-state index in [9.17, 15) is 4.79 Å². The quantitative estimate of drug-likeness (QED) is 0.396. The number of rotatable bonds is 5. The summed E-state index contributed by atoms with van der Waals surface area (Å²) in [7, 11) is 1.72. The number of benzene rings is 1. The smallest absolute Gasteiger partial charge is 0.410 e. The molecule has 3 aliphatic rings. The van der Waals surface area contributed by atoms with Crippen LogP contribution in [0.5, 0.6) is 0 Å². The summed E-state index contributed by atoms with van der Waals surface area (Å²) in [6, 6.07) is 9.33. The summed E-state index contributed by atoms with van der Waals surface area (Å²) in [6.07, 6.45) is 6.65. The Hall–Kier alpha value is -1.71. The van der Waals surface area contributed by atoms with Crippen molar-refractivity contribution >= 4 is 33.6 Å². The molecule has 218 valence electrons. The van der Waals surface area contributed by atoms with Crippen molar-refractivity contribution in [3.63, 3.8) is 0 Å². The SMILES string of the molecule is COCC[C@H]1CN(C2CCN(C3c4ccc(Cl)cc4CCc4cc(Br)cnc43)CC2)CCN1C(=O)OC(C)(C)C. The first kappa shape index (κ1) is 29.8. The molecule has 2 aliphatic heterocycles. The molecule has 2 atom stereocenters. The molecule has 3 heterocycles. The van der Waals surface area contributed by atoms with Crippen molar-refractivity contribution in [3.05, 3.63) is 62.3 Å². The van der Waals surface area contributed by atoms with Crippen molar-refractivity contribution in [2.45, 2.75) is 76.6 Å². The van der Waals surface area contributed by atoms with E-state index in [1.54, 1.807) is 7.11 Å². The van der Waals surface area contributed by atoms with Crippen LogP contribution in [0.2, 0.25) is 5.02 Å². The highest BCUT2D eigenvalue weighted by molar-refractivity contribution is 9.10. The van der Waals surface area contributed by atoms with Gasteiger partial charge in [0, 0.05) is 74.2 Å². The number of pyridine rings is 1. The van der Waals surface area contributed by atoms with Crippen molar-refractivity contribution < 1.29 is 14.3 Å². The summed E-state index contributed by atoms with van der Waals surface area (Å²) in [5, 5.41) is 0.796. The molecule has 9 heteroatoms. The number of piperazine rings is 1. The van der Waals surface area contributed by atoms with Gasteiger partial charge in [-0.25, -0.2) is 4.79 Å². The van der Waals surface area contributed by atoms with Gasteiger partial charge >= 0.3 is 6.09 Å². The Bertz CT molecular complexity index is 1140. The van der Waals surface area contributed by atoms with Gasteiger partial charge in [-0.15, -0.1) is 0 Å². The van der Waals surface area contributed by atoms with Crippen LogP contribution in [0.3, 0.4) is 0 Å². The zero-order chi connectivity index (χ0) is 28.4. The number of aryl methyl sites for hydroxylation is 2. The largest absolute Gasteiger partial charge is 0.444 e. The summed E-state index contributed by atoms with van der Waals surface area (Å²) in [6.45, 7) is 10.8. The second kappa shape index (κ2) is 12.7. The standard InChI is InChI=1S/C31H42BrClN4O3/c1-31(2,3)40-30(38)37-15-14-36(20-26(37)11-16-39-4)25-9-12-35(13-10-25)29-27-8-7-24(33)18-21(27)5-6-22-17-23(32)19-34-28(22)29/h7-8,17-19,25-26,29H,5-6,9-16,20H2,1-4H3/t26-,29?/m0/s1. The van der Waals surface area contributed by atoms with Crippen LogP contribution in [0.1, 0.15) is 68.5 Å². The van der Waals surface area contributed by atoms with E-state index in [2.05, 4.69) is 43.9 Å². The molecule has 1 aromatic carbocycles. The maximum Gasteiger partial charge on any atom is 0.410 e. The molecule has 2 fully saturated rings. The number of hydrogen-bond donors (Lipinski definition) is 0. The van der Waals surface area contributed by atoms with Crippen molar-refractivity contribution in [2.24, 2.45) is 0 Å². The van der Waals surface area contributed by atoms with Crippen molar-refractivity contribution in [2.75, 3.05) is 46.4 Å². The number of carbonyl (C=O) groups excluding carboxylic acids is 1. The molecule has 0 radical (unpaired) electrons. The molecule has 40 heavy (non-hydrogen) atoms. The van der Waals surface area contributed by atoms with Gasteiger partial charge in [-0.3, -0.25) is 14.8 Å². The zero-order valence-electron chi connectivity index (χ0n) is 24.2. The third-order valence-corrected chi connectivity index (χ3v) is 9.14. The molecule has 0 bridgehead atoms. The third-order valence-electron chi connectivity index (χ3n) is 8.47. The number of ether oxygens (including phenoxy) is 2. The summed E-state index contributed by atoms with van der Waals surface area (Å²) >= 11 is 10.1. The zero-order valence-corrected chi connectivity index (χ0v) is 26.5. The molecule has 1 unspecified atom stereocenters. The first-order valence-corrected chi connectivity index (χ1v) is 15.7. The number of likely N-dealkylation sites (tertiary alicyclic amines) is 1. The topological polar surface area (TPSA) is 58.1 Å². The monoisotopic (exact) mass is 632 g/mol. The lowest BCUT2D eigenvalue weighted by Crippen LogP contribution is -2.59. The minimum Gasteiger partial charge on any atom is -0.444 e. The van der Waals surface area contributed by atoms with Gasteiger partial charge < -0.3 is 14.4 Å². The number of hydrogen-bond acceptors (Lipinski definition) is 6. The predicted octanol–water partition coefficient (Wildman–Crippen LogP) is 6.11. The maximum atomic E-state index is 13.0. The van der Waals surface area contributed by atoms with E-state index in [-0.39, 0.29) is 18.2 Å². The van der Waals surface area contributed by atoms with Crippen LogP contribution in [0.25, 0.3) is 0 Å². The molecule has 5 rings (SSSR count). The predicted molar refractivity (Wildman–Crippen MR) is 162 cm³/mol. The number of carbonyl (C=O) groups is 1. The first-order chi connectivity index (χ1) is 19.1. The van der Waals surface area contributed by atoms with Gasteiger partial charge in [0.1, 0.15) is 5.60 Å². The number of aromatic nitrogens is 1. The number of fused-ring (bicyclic) bond motifs is 2. The summed E-state index contributed by atoms with van der Waals surface area (Å²) < 4.78 is 12.2. The Morgan fingerprint density at radius 2 is 1.82 bits per heavy atom. The fraction of sp³-hybridized carbons (Fsp3) is 0.613. The van der Waals surface area contributed by atoms with Crippen LogP contribution in [-0.2, 0) is 22.3 Å². The Balaban J connectivity index is 1.30. The van der Waals surface area contributed by atoms with Gasteiger partial charge in [0.15, 0.2) is 0 Å². The van der Waals surface area contributed by atoms with Crippen LogP contribution in [0.15, 0.2) is 34.9 Å². The van der Waals surface area contributed by atoms with Crippen LogP contribution >= 0.6 is 27.5 Å². The minimum atomic E-state index is -0.502. The first-order valence-electron chi connectivity index (χ1n) is 14.5. The van der Waals surface area contributed by atoms with E-state index >= 15 is 0 Å². The summed E-state index contributed by atoms with van der Waals surface area (Å²) in [5.41, 5.74) is 4.65. The van der Waals surface area contributed by atoms with Gasteiger partial charge in [0.25, 0.3) is 0 Å². The van der Waals surface area contributed by atoms with Gasteiger partial charge in [-0.2, -0.15) is 0 Å². The highest BCUT2D eigenvalue weighted by Gasteiger charge is 2.38. The highest BCUT2D eigenvalue weighted by atomic mass is 79.9. The van der Waals surface area contributed by atoms with Crippen LogP contribution in [-0.4, -0.2) is 89.9 Å². The highest BCUT2D eigenvalue weighted by Crippen LogP contribution is 2.39. The van der Waals surface area contributed by atoms with Gasteiger partial charge in [0.05, 0.1) is 11.7 Å². The van der Waals surface area contributed by atoms with E-state index in [1.807, 2.05) is 37.9 Å². The molecule has 0 spiro atoms. The fourth-order valence-corrected chi connectivity index (χ4v) is 7.14. The Morgan fingerprint density at radius 3 is 2.55 bits per heavy atom. The molecule has 1 amide bonds. The van der Waals surface area contributed by atoms with Crippen LogP contribution in [0, 0.1) is 0 Å². The van der Waals surface area contributed by atoms with Crippen LogP contribution < -0.4 is 0 Å². The second-order valence-electron chi connectivity index (χ2n) is 12.3. The number of methoxy groups -OCH3 is 1. The maximum absolute atomic E-state index is 13.0. The minimum absolute atomic E-state index is 0.0922. The number of halogens is 2. The van der Waals surface area contributed by atoms with E-state index in [1.165, 1.54) is 22.4 Å². The lowest BCUT2D eigenvalue weighted by Gasteiger charge is -2.47. The second-order valence-corrected chi connectivity index (χ2v) is 13.7. The number of piperidine rings is 1. The number of amides is 1. The molecular weight excluding hydrogens is 592 g/mol. The Morgan fingerprint density at radius 1 is 1.07 bits per heavy atom. The average Bonchev–Trinajstić information content (AvgIpc) is 3.07. The molecule has 1 aliphatic carbocycles. The molecule has 0 saturated carbocycles. The molecule has 0 N–H and O–H groups in total. The molecule has 2 saturated heterocycles. The van der Waals surface area contributed by atoms with Gasteiger partial charge in [-0.1, -0.05) is 17.7 Å². The summed E-state index contributed by atoms with van der Waals surface area (Å²) in [5.74, 6) is 0. The fourth-order valence-electron chi connectivity index (χ4n) is 6.56. The van der Waals surface area contributed by atoms with E-state index < -0.39 is 5.60 Å². The van der Waals surface area contributed by atoms with E-state index in [4.69, 9.17) is 26.1 Å². The lowest BCUT2D eigenvalue weighted by molar-refractivity contribution is -0.0194. The van der Waals surface area contributed by atoms with E-state index in [0.717, 1.165) is 67.8 Å². The third kappa shape index (κ3) is 6.84. The Kier molecular flexibility index (Phi) is 9.42. The molecule has 1 aromatic heterocycles. The van der Waals surface area contributed by atoms with Crippen molar-refractivity contribution in [1.82, 2.24) is 19.7 Å². The summed E-state index contributed by atoms with van der Waals surface area (Å²) in [4.78, 5) is 25.1. The number of nitrogens with zero attached hydrogens (tertiary/aromatic N) is 4. The lowest BCUT2D eigenvalue weighted by atomic mass is 9.93. The normalized spacial score (nSPS) is 22.9. The molecule has 2 aromatic rings. The Labute approximate surface area is 252 Å². The van der Waals surface area contributed by atoms with Crippen LogP contribution in [0.4, 0.5) is 4.79 Å². The van der Waals surface area contributed by atoms with Crippen molar-refractivity contribution in [1.29, 1.82) is 0 Å². The van der Waals surface area contributed by atoms with Crippen molar-refractivity contribution in [3.8, 4) is 0 Å². The van der Waals surface area contributed by atoms with E-state index in [0.29, 0.717) is 19.2 Å². The molecular formula is C31H42BrClN4O3. The molecule has 7 nitrogen and oxygen atoms in total. The van der Waals surface area contributed by atoms with Gasteiger partial charge in [0.2, 0.25) is 0 Å².